The van der Waals surface area contributed by atoms with Crippen LogP contribution >= 0.6 is 0 Å². The smallest absolute Gasteiger partial charge is 0.228 e. The molecule has 1 aliphatic carbocycles. The van der Waals surface area contributed by atoms with Gasteiger partial charge in [0, 0.05) is 30.9 Å². The van der Waals surface area contributed by atoms with Crippen molar-refractivity contribution in [2.75, 3.05) is 28.3 Å². The van der Waals surface area contributed by atoms with E-state index in [2.05, 4.69) is 6.08 Å². The molecule has 128 valence electrons. The molecule has 0 aromatic heterocycles. The van der Waals surface area contributed by atoms with E-state index < -0.39 is 5.41 Å². The Morgan fingerprint density at radius 2 is 1.57 bits per heavy atom. The van der Waals surface area contributed by atoms with E-state index in [0.29, 0.717) is 17.6 Å². The van der Waals surface area contributed by atoms with Crippen LogP contribution in [0.25, 0.3) is 0 Å². The lowest BCUT2D eigenvalue weighted by Gasteiger charge is -2.31. The highest BCUT2D eigenvalue weighted by Gasteiger charge is 2.40. The maximum Gasteiger partial charge on any atom is 0.228 e. The van der Waals surface area contributed by atoms with Crippen LogP contribution in [0.5, 0.6) is 0 Å². The molecule has 1 rings (SSSR count). The minimum absolute atomic E-state index is 0.0144. The highest BCUT2D eigenvalue weighted by atomic mass is 16.5. The van der Waals surface area contributed by atoms with Crippen molar-refractivity contribution in [3.05, 3.63) is 34.4 Å². The first-order valence-electron chi connectivity index (χ1n) is 7.55. The summed E-state index contributed by atoms with van der Waals surface area (Å²) < 4.78 is 10.2. The topological polar surface area (TPSA) is 55.8 Å². The number of hydrogen-bond donors (Lipinski definition) is 0. The van der Waals surface area contributed by atoms with Gasteiger partial charge < -0.3 is 14.4 Å². The Kier molecular flexibility index (Phi) is 5.81. The number of carbonyl (C=O) groups excluding carboxylic acids is 2. The van der Waals surface area contributed by atoms with Crippen molar-refractivity contribution in [2.45, 2.75) is 34.1 Å². The zero-order valence-electron chi connectivity index (χ0n) is 15.4. The average molecular weight is 321 g/mol. The van der Waals surface area contributed by atoms with Gasteiger partial charge in [-0.15, -0.1) is 0 Å². The largest absolute Gasteiger partial charge is 0.489 e. The molecule has 0 unspecified atom stereocenters. The Morgan fingerprint density at radius 1 is 1.09 bits per heavy atom. The lowest BCUT2D eigenvalue weighted by molar-refractivity contribution is -0.121. The van der Waals surface area contributed by atoms with Gasteiger partial charge in [-0.3, -0.25) is 9.59 Å². The van der Waals surface area contributed by atoms with Crippen LogP contribution in [-0.2, 0) is 19.1 Å². The summed E-state index contributed by atoms with van der Waals surface area (Å²) in [4.78, 5) is 27.3. The van der Waals surface area contributed by atoms with E-state index in [1.54, 1.807) is 6.92 Å². The van der Waals surface area contributed by atoms with Crippen molar-refractivity contribution in [3.63, 3.8) is 0 Å². The fourth-order valence-corrected chi connectivity index (χ4v) is 2.65. The fourth-order valence-electron chi connectivity index (χ4n) is 2.65. The molecule has 5 nitrogen and oxygen atoms in total. The number of nitrogens with zero attached hydrogens (tertiary/aromatic N) is 1. The number of allylic oxidation sites excluding steroid dienone is 4. The highest BCUT2D eigenvalue weighted by Crippen LogP contribution is 2.39. The first-order chi connectivity index (χ1) is 10.6. The van der Waals surface area contributed by atoms with Crippen LogP contribution in [-0.4, -0.2) is 44.8 Å². The van der Waals surface area contributed by atoms with E-state index in [0.717, 1.165) is 5.70 Å². The Bertz CT molecular complexity index is 607. The second-order valence-corrected chi connectivity index (χ2v) is 6.55. The van der Waals surface area contributed by atoms with E-state index in [9.17, 15) is 9.59 Å². The molecule has 1 aliphatic rings. The number of ether oxygens (including phenoxy) is 2. The maximum atomic E-state index is 12.8. The third-order valence-electron chi connectivity index (χ3n) is 4.26. The molecule has 5 heteroatoms. The van der Waals surface area contributed by atoms with Crippen LogP contribution in [0.2, 0.25) is 0 Å². The highest BCUT2D eigenvalue weighted by molar-refractivity contribution is 6.23. The Morgan fingerprint density at radius 3 is 2.00 bits per heavy atom. The SMILES string of the molecule is COC1=C(OC)C(=O)C(C(C)(C)C/C=C(\C)N(C)C)=C(C)C1=O. The zero-order valence-corrected chi connectivity index (χ0v) is 15.4. The monoisotopic (exact) mass is 321 g/mol. The maximum absolute atomic E-state index is 12.8. The fraction of sp³-hybridized carbons (Fsp3) is 0.556. The minimum Gasteiger partial charge on any atom is -0.489 e. The number of ketones is 2. The lowest BCUT2D eigenvalue weighted by atomic mass is 9.73. The predicted molar refractivity (Wildman–Crippen MR) is 89.6 cm³/mol. The molecule has 23 heavy (non-hydrogen) atoms. The second-order valence-electron chi connectivity index (χ2n) is 6.55. The van der Waals surface area contributed by atoms with E-state index in [-0.39, 0.29) is 23.1 Å². The second kappa shape index (κ2) is 7.02. The van der Waals surface area contributed by atoms with Crippen molar-refractivity contribution in [3.8, 4) is 0 Å². The van der Waals surface area contributed by atoms with Gasteiger partial charge in [-0.1, -0.05) is 19.9 Å². The molecule has 0 N–H and O–H groups in total. The average Bonchev–Trinajstić information content (AvgIpc) is 2.47. The molecule has 0 spiro atoms. The molecular formula is C18H27NO4. The van der Waals surface area contributed by atoms with Gasteiger partial charge in [0.1, 0.15) is 0 Å². The lowest BCUT2D eigenvalue weighted by Crippen LogP contribution is -2.32. The Labute approximate surface area is 138 Å². The van der Waals surface area contributed by atoms with Crippen molar-refractivity contribution < 1.29 is 19.1 Å². The van der Waals surface area contributed by atoms with Gasteiger partial charge in [-0.05, 0) is 25.7 Å². The van der Waals surface area contributed by atoms with Crippen molar-refractivity contribution in [2.24, 2.45) is 5.41 Å². The summed E-state index contributed by atoms with van der Waals surface area (Å²) in [6.45, 7) is 7.60. The number of methoxy groups -OCH3 is 2. The van der Waals surface area contributed by atoms with Crippen LogP contribution in [0.4, 0.5) is 0 Å². The first-order valence-corrected chi connectivity index (χ1v) is 7.55. The van der Waals surface area contributed by atoms with Gasteiger partial charge in [0.05, 0.1) is 14.2 Å². The number of hydrogen-bond acceptors (Lipinski definition) is 5. The molecule has 0 aliphatic heterocycles. The molecule has 0 bridgehead atoms. The van der Waals surface area contributed by atoms with Crippen molar-refractivity contribution >= 4 is 11.6 Å². The quantitative estimate of drug-likeness (QED) is 0.704. The molecule has 0 atom stereocenters. The van der Waals surface area contributed by atoms with Gasteiger partial charge in [0.2, 0.25) is 23.1 Å². The molecule has 0 saturated carbocycles. The van der Waals surface area contributed by atoms with Gasteiger partial charge in [-0.25, -0.2) is 0 Å². The Balaban J connectivity index is 3.30. The van der Waals surface area contributed by atoms with Crippen LogP contribution in [0.15, 0.2) is 34.4 Å². The van der Waals surface area contributed by atoms with E-state index >= 15 is 0 Å². The molecule has 0 heterocycles. The van der Waals surface area contributed by atoms with E-state index in [4.69, 9.17) is 9.47 Å². The van der Waals surface area contributed by atoms with Gasteiger partial charge in [0.25, 0.3) is 0 Å². The van der Waals surface area contributed by atoms with Gasteiger partial charge in [0.15, 0.2) is 0 Å². The summed E-state index contributed by atoms with van der Waals surface area (Å²) in [6.07, 6.45) is 2.71. The van der Waals surface area contributed by atoms with Crippen LogP contribution in [0.1, 0.15) is 34.1 Å². The molecule has 0 fully saturated rings. The first kappa shape index (κ1) is 19.0. The van der Waals surface area contributed by atoms with Crippen LogP contribution in [0.3, 0.4) is 0 Å². The zero-order chi connectivity index (χ0) is 17.9. The van der Waals surface area contributed by atoms with Crippen molar-refractivity contribution in [1.82, 2.24) is 4.90 Å². The van der Waals surface area contributed by atoms with E-state index in [1.165, 1.54) is 14.2 Å². The predicted octanol–water partition coefficient (Wildman–Crippen LogP) is 2.84. The normalized spacial score (nSPS) is 17.0. The standard InChI is InChI=1S/C18H27NO4/c1-11(19(5)6)9-10-18(3,4)13-12(2)14(20)16(22-7)17(23-8)15(13)21/h9H,10H2,1-8H3/b11-9+. The molecule has 0 aromatic rings. The Hall–Kier alpha value is -2.04. The summed E-state index contributed by atoms with van der Waals surface area (Å²) >= 11 is 0. The molecule has 0 saturated heterocycles. The van der Waals surface area contributed by atoms with Crippen LogP contribution in [0, 0.1) is 5.41 Å². The third-order valence-corrected chi connectivity index (χ3v) is 4.26. The third kappa shape index (κ3) is 3.66. The van der Waals surface area contributed by atoms with Gasteiger partial charge >= 0.3 is 0 Å². The van der Waals surface area contributed by atoms with Gasteiger partial charge in [-0.2, -0.15) is 0 Å². The van der Waals surface area contributed by atoms with Crippen LogP contribution < -0.4 is 0 Å². The van der Waals surface area contributed by atoms with E-state index in [1.807, 2.05) is 39.8 Å². The molecule has 0 amide bonds. The summed E-state index contributed by atoms with van der Waals surface area (Å²) in [6, 6.07) is 0. The molecule has 0 aromatic carbocycles. The number of carbonyl (C=O) groups is 2. The number of Topliss-reactive ketones (excluding diaryl/α,β-unsaturated/α-hetero) is 2. The summed E-state index contributed by atoms with van der Waals surface area (Å²) in [7, 11) is 6.68. The molecular weight excluding hydrogens is 294 g/mol. The number of rotatable bonds is 6. The summed E-state index contributed by atoms with van der Waals surface area (Å²) in [5.74, 6) is -0.600. The van der Waals surface area contributed by atoms with Crippen molar-refractivity contribution in [1.29, 1.82) is 0 Å². The minimum atomic E-state index is -0.489. The molecule has 0 radical (unpaired) electrons. The summed E-state index contributed by atoms with van der Waals surface area (Å²) in [5.41, 5.74) is 1.53. The summed E-state index contributed by atoms with van der Waals surface area (Å²) in [5, 5.41) is 0.